The fraction of sp³-hybridized carbons (Fsp3) is 0.143. The molecule has 0 unspecified atom stereocenters. The van der Waals surface area contributed by atoms with Crippen molar-refractivity contribution in [2.45, 2.75) is 0 Å². The van der Waals surface area contributed by atoms with Gasteiger partial charge in [-0.2, -0.15) is 0 Å². The van der Waals surface area contributed by atoms with Crippen LogP contribution < -0.4 is 4.74 Å². The Kier molecular flexibility index (Phi) is 5.81. The van der Waals surface area contributed by atoms with Crippen LogP contribution in [0.4, 0.5) is 0 Å². The van der Waals surface area contributed by atoms with Crippen LogP contribution >= 0.6 is 46.7 Å². The van der Waals surface area contributed by atoms with Crippen molar-refractivity contribution in [2.75, 3.05) is 12.9 Å². The van der Waals surface area contributed by atoms with Gasteiger partial charge in [0.25, 0.3) is 0 Å². The third kappa shape index (κ3) is 4.07. The Hall–Kier alpha value is -0.880. The monoisotopic (exact) mass is 359 g/mol. The van der Waals surface area contributed by atoms with Crippen LogP contribution in [0.5, 0.6) is 5.75 Å². The van der Waals surface area contributed by atoms with E-state index in [4.69, 9.17) is 27.9 Å². The minimum Gasteiger partial charge on any atom is -0.495 e. The summed E-state index contributed by atoms with van der Waals surface area (Å²) in [5, 5.41) is 0.746. The van der Waals surface area contributed by atoms with Crippen LogP contribution in [0.15, 0.2) is 35.5 Å². The lowest BCUT2D eigenvalue weighted by molar-refractivity contribution is -0.107. The number of carbonyl (C=O) groups excluding carboxylic acids is 1. The Morgan fingerprint density at radius 1 is 1.48 bits per heavy atom. The molecule has 0 saturated heterocycles. The van der Waals surface area contributed by atoms with Crippen molar-refractivity contribution in [1.29, 1.82) is 0 Å². The van der Waals surface area contributed by atoms with E-state index in [2.05, 4.69) is 11.6 Å². The molecule has 21 heavy (non-hydrogen) atoms. The molecule has 0 spiro atoms. The van der Waals surface area contributed by atoms with Crippen LogP contribution in [0.1, 0.15) is 5.56 Å². The summed E-state index contributed by atoms with van der Waals surface area (Å²) < 4.78 is 5.95. The van der Waals surface area contributed by atoms with E-state index in [-0.39, 0.29) is 5.12 Å². The average Bonchev–Trinajstić information content (AvgIpc) is 2.76. The van der Waals surface area contributed by atoms with Crippen molar-refractivity contribution in [3.63, 3.8) is 0 Å². The summed E-state index contributed by atoms with van der Waals surface area (Å²) in [6.45, 7) is 3.64. The third-order valence-corrected chi connectivity index (χ3v) is 4.96. The van der Waals surface area contributed by atoms with Crippen molar-refractivity contribution < 1.29 is 9.53 Å². The molecule has 1 aromatic carbocycles. The fourth-order valence-electron chi connectivity index (χ4n) is 1.63. The van der Waals surface area contributed by atoms with E-state index in [1.54, 1.807) is 24.3 Å². The van der Waals surface area contributed by atoms with Crippen LogP contribution in [-0.4, -0.2) is 22.4 Å². The predicted octanol–water partition coefficient (Wildman–Crippen LogP) is 4.89. The predicted molar refractivity (Wildman–Crippen MR) is 93.7 cm³/mol. The first-order chi connectivity index (χ1) is 10.0. The van der Waals surface area contributed by atoms with Gasteiger partial charge in [-0.15, -0.1) is 6.58 Å². The number of halogens is 2. The van der Waals surface area contributed by atoms with E-state index in [1.807, 2.05) is 0 Å². The lowest BCUT2D eigenvalue weighted by Crippen LogP contribution is -1.92. The number of benzene rings is 1. The normalized spacial score (nSPS) is 16.2. The molecular formula is C14H11Cl2NO2S2. The first kappa shape index (κ1) is 16.5. The van der Waals surface area contributed by atoms with E-state index < -0.39 is 0 Å². The maximum atomic E-state index is 12.0. The van der Waals surface area contributed by atoms with E-state index in [0.717, 1.165) is 11.8 Å². The summed E-state index contributed by atoms with van der Waals surface area (Å²) in [4.78, 5) is 16.3. The minimum atomic E-state index is -0.111. The van der Waals surface area contributed by atoms with Gasteiger partial charge in [-0.1, -0.05) is 41.0 Å². The summed E-state index contributed by atoms with van der Waals surface area (Å²) >= 11 is 14.6. The number of ether oxygens (including phenoxy) is 1. The van der Waals surface area contributed by atoms with Gasteiger partial charge in [0.1, 0.15) is 15.8 Å². The van der Waals surface area contributed by atoms with Gasteiger partial charge in [-0.05, 0) is 30.0 Å². The van der Waals surface area contributed by atoms with Crippen LogP contribution in [0.25, 0.3) is 6.08 Å². The molecule has 0 saturated carbocycles. The molecule has 2 rings (SSSR count). The van der Waals surface area contributed by atoms with E-state index >= 15 is 0 Å². The Morgan fingerprint density at radius 3 is 2.90 bits per heavy atom. The standard InChI is InChI=1S/C14H11Cl2NO2S2/c1-3-4-20-14-17-11(13(18)21-14)6-8-5-9(15)7-10(16)12(8)19-2/h3,5-7H,1,4H2,2H3. The minimum absolute atomic E-state index is 0.111. The highest BCUT2D eigenvalue weighted by Gasteiger charge is 2.23. The number of rotatable bonds is 4. The Balaban J connectivity index is 2.37. The average molecular weight is 360 g/mol. The molecule has 0 N–H and O–H groups in total. The molecule has 3 nitrogen and oxygen atoms in total. The molecule has 1 aromatic rings. The number of hydrogen-bond acceptors (Lipinski definition) is 5. The second-order valence-electron chi connectivity index (χ2n) is 3.91. The van der Waals surface area contributed by atoms with Crippen LogP contribution in [-0.2, 0) is 4.79 Å². The molecule has 0 amide bonds. The highest BCUT2D eigenvalue weighted by atomic mass is 35.5. The number of nitrogens with zero attached hydrogens (tertiary/aromatic N) is 1. The first-order valence-corrected chi connectivity index (χ1v) is 8.40. The van der Waals surface area contributed by atoms with Gasteiger partial charge < -0.3 is 4.74 Å². The molecule has 7 heteroatoms. The topological polar surface area (TPSA) is 38.7 Å². The largest absolute Gasteiger partial charge is 0.495 e. The highest BCUT2D eigenvalue weighted by Crippen LogP contribution is 2.36. The molecular weight excluding hydrogens is 349 g/mol. The van der Waals surface area contributed by atoms with Crippen molar-refractivity contribution >= 4 is 62.3 Å². The second-order valence-corrected chi connectivity index (χ2v) is 6.98. The van der Waals surface area contributed by atoms with Crippen LogP contribution in [0.2, 0.25) is 10.0 Å². The lowest BCUT2D eigenvalue weighted by atomic mass is 10.1. The molecule has 0 fully saturated rings. The summed E-state index contributed by atoms with van der Waals surface area (Å²) in [6.07, 6.45) is 3.40. The van der Waals surface area contributed by atoms with Crippen molar-refractivity contribution in [3.8, 4) is 5.75 Å². The zero-order valence-electron chi connectivity index (χ0n) is 11.1. The van der Waals surface area contributed by atoms with Gasteiger partial charge in [-0.3, -0.25) is 4.79 Å². The molecule has 1 heterocycles. The van der Waals surface area contributed by atoms with Gasteiger partial charge >= 0.3 is 0 Å². The zero-order chi connectivity index (χ0) is 15.4. The number of methoxy groups -OCH3 is 1. The smallest absolute Gasteiger partial charge is 0.244 e. The summed E-state index contributed by atoms with van der Waals surface area (Å²) in [5.41, 5.74) is 0.973. The van der Waals surface area contributed by atoms with Gasteiger partial charge in [-0.25, -0.2) is 4.99 Å². The molecule has 1 aliphatic rings. The summed E-state index contributed by atoms with van der Waals surface area (Å²) in [5.74, 6) is 1.17. The van der Waals surface area contributed by atoms with Gasteiger partial charge in [0.05, 0.1) is 12.1 Å². The maximum absolute atomic E-state index is 12.0. The van der Waals surface area contributed by atoms with Gasteiger partial charge in [0.2, 0.25) is 5.12 Å². The summed E-state index contributed by atoms with van der Waals surface area (Å²) in [7, 11) is 1.51. The summed E-state index contributed by atoms with van der Waals surface area (Å²) in [6, 6.07) is 3.27. The van der Waals surface area contributed by atoms with Crippen molar-refractivity contribution in [1.82, 2.24) is 0 Å². The molecule has 0 bridgehead atoms. The molecule has 110 valence electrons. The van der Waals surface area contributed by atoms with Crippen LogP contribution in [0.3, 0.4) is 0 Å². The van der Waals surface area contributed by atoms with E-state index in [0.29, 0.717) is 37.2 Å². The highest BCUT2D eigenvalue weighted by molar-refractivity contribution is 8.45. The second kappa shape index (κ2) is 7.40. The maximum Gasteiger partial charge on any atom is 0.244 e. The van der Waals surface area contributed by atoms with Gasteiger partial charge in [0.15, 0.2) is 0 Å². The molecule has 0 atom stereocenters. The van der Waals surface area contributed by atoms with Crippen molar-refractivity contribution in [2.24, 2.45) is 4.99 Å². The number of aliphatic imine (C=N–C) groups is 1. The van der Waals surface area contributed by atoms with E-state index in [9.17, 15) is 4.79 Å². The first-order valence-electron chi connectivity index (χ1n) is 5.84. The Labute approximate surface area is 141 Å². The molecule has 0 radical (unpaired) electrons. The Bertz CT molecular complexity index is 657. The van der Waals surface area contributed by atoms with Crippen molar-refractivity contribution in [3.05, 3.63) is 46.1 Å². The SMILES string of the molecule is C=CCSC1=NC(=Cc2cc(Cl)cc(Cl)c2OC)C(=O)S1. The van der Waals surface area contributed by atoms with E-state index in [1.165, 1.54) is 18.9 Å². The molecule has 0 aromatic heterocycles. The van der Waals surface area contributed by atoms with Gasteiger partial charge in [0, 0.05) is 16.3 Å². The number of carbonyl (C=O) groups is 1. The number of hydrogen-bond donors (Lipinski definition) is 0. The molecule has 1 aliphatic heterocycles. The Morgan fingerprint density at radius 2 is 2.24 bits per heavy atom. The van der Waals surface area contributed by atoms with Crippen LogP contribution in [0, 0.1) is 0 Å². The quantitative estimate of drug-likeness (QED) is 0.566. The number of thioether (sulfide) groups is 2. The lowest BCUT2D eigenvalue weighted by Gasteiger charge is -2.08. The molecule has 0 aliphatic carbocycles. The third-order valence-electron chi connectivity index (χ3n) is 2.46. The zero-order valence-corrected chi connectivity index (χ0v) is 14.2. The fourth-order valence-corrected chi connectivity index (χ4v) is 3.82.